The molecule has 0 aliphatic carbocycles. The average molecular weight is 430 g/mol. The molecule has 148 valence electrons. The molecule has 0 amide bonds. The Morgan fingerprint density at radius 3 is 2.52 bits per heavy atom. The fourth-order valence-electron chi connectivity index (χ4n) is 2.62. The SMILES string of the molecule is CCc1cc(Sc2ccc(NS(=O)(=O)c3ccc(F)cc3)cc2)n2ncnc2n1. The third-order valence-electron chi connectivity index (χ3n) is 4.09. The number of aromatic nitrogens is 4. The van der Waals surface area contributed by atoms with E-state index >= 15 is 0 Å². The van der Waals surface area contributed by atoms with Gasteiger partial charge in [0.1, 0.15) is 17.2 Å². The number of halogens is 1. The van der Waals surface area contributed by atoms with E-state index in [0.717, 1.165) is 34.2 Å². The molecule has 1 N–H and O–H groups in total. The van der Waals surface area contributed by atoms with Gasteiger partial charge in [0.25, 0.3) is 15.8 Å². The lowest BCUT2D eigenvalue weighted by atomic mass is 10.3. The molecule has 0 radical (unpaired) electrons. The van der Waals surface area contributed by atoms with Crippen LogP contribution in [-0.4, -0.2) is 28.0 Å². The average Bonchev–Trinajstić information content (AvgIpc) is 3.18. The van der Waals surface area contributed by atoms with Crippen molar-refractivity contribution in [3.05, 3.63) is 72.4 Å². The molecule has 2 aromatic heterocycles. The third kappa shape index (κ3) is 4.22. The van der Waals surface area contributed by atoms with Gasteiger partial charge in [0, 0.05) is 16.3 Å². The molecular formula is C19H16FN5O2S2. The zero-order chi connectivity index (χ0) is 20.4. The number of sulfonamides is 1. The Kier molecular flexibility index (Phi) is 5.20. The highest BCUT2D eigenvalue weighted by atomic mass is 32.2. The second kappa shape index (κ2) is 7.80. The lowest BCUT2D eigenvalue weighted by Gasteiger charge is -2.09. The van der Waals surface area contributed by atoms with Crippen LogP contribution in [-0.2, 0) is 16.4 Å². The molecule has 0 atom stereocenters. The number of anilines is 1. The number of hydrogen-bond donors (Lipinski definition) is 1. The number of benzene rings is 2. The Morgan fingerprint density at radius 1 is 1.10 bits per heavy atom. The van der Waals surface area contributed by atoms with Crippen LogP contribution < -0.4 is 4.72 Å². The van der Waals surface area contributed by atoms with Gasteiger partial charge in [0.15, 0.2) is 0 Å². The van der Waals surface area contributed by atoms with Crippen LogP contribution in [0.25, 0.3) is 5.78 Å². The van der Waals surface area contributed by atoms with Gasteiger partial charge in [-0.3, -0.25) is 4.72 Å². The van der Waals surface area contributed by atoms with E-state index in [1.807, 2.05) is 25.1 Å². The van der Waals surface area contributed by atoms with Gasteiger partial charge >= 0.3 is 0 Å². The number of fused-ring (bicyclic) bond motifs is 1. The monoisotopic (exact) mass is 429 g/mol. The van der Waals surface area contributed by atoms with Crippen molar-refractivity contribution in [2.75, 3.05) is 4.72 Å². The maximum Gasteiger partial charge on any atom is 0.261 e. The lowest BCUT2D eigenvalue weighted by Crippen LogP contribution is -2.12. The van der Waals surface area contributed by atoms with Crippen LogP contribution >= 0.6 is 11.8 Å². The van der Waals surface area contributed by atoms with Crippen LogP contribution in [0, 0.1) is 5.82 Å². The summed E-state index contributed by atoms with van der Waals surface area (Å²) in [5.74, 6) is 0.0460. The van der Waals surface area contributed by atoms with E-state index < -0.39 is 15.8 Å². The summed E-state index contributed by atoms with van der Waals surface area (Å²) in [6, 6.07) is 13.6. The first-order valence-electron chi connectivity index (χ1n) is 8.70. The minimum atomic E-state index is -3.79. The molecule has 4 aromatic rings. The molecule has 7 nitrogen and oxygen atoms in total. The third-order valence-corrected chi connectivity index (χ3v) is 6.49. The molecular weight excluding hydrogens is 413 g/mol. The van der Waals surface area contributed by atoms with Crippen molar-refractivity contribution in [2.45, 2.75) is 28.2 Å². The molecule has 2 aromatic carbocycles. The Bertz CT molecular complexity index is 1260. The van der Waals surface area contributed by atoms with E-state index in [1.54, 1.807) is 16.6 Å². The van der Waals surface area contributed by atoms with Gasteiger partial charge in [-0.2, -0.15) is 14.6 Å². The van der Waals surface area contributed by atoms with Crippen molar-refractivity contribution in [3.8, 4) is 0 Å². The second-order valence-electron chi connectivity index (χ2n) is 6.10. The van der Waals surface area contributed by atoms with E-state index in [2.05, 4.69) is 19.8 Å². The number of nitrogens with one attached hydrogen (secondary N) is 1. The van der Waals surface area contributed by atoms with Crippen molar-refractivity contribution in [3.63, 3.8) is 0 Å². The summed E-state index contributed by atoms with van der Waals surface area (Å²) < 4.78 is 42.0. The Hall–Kier alpha value is -2.98. The first-order valence-corrected chi connectivity index (χ1v) is 11.0. The summed E-state index contributed by atoms with van der Waals surface area (Å²) >= 11 is 1.48. The maximum atomic E-state index is 13.0. The number of rotatable bonds is 6. The molecule has 0 aliphatic heterocycles. The number of aryl methyl sites for hydroxylation is 1. The fourth-order valence-corrected chi connectivity index (χ4v) is 4.61. The zero-order valence-corrected chi connectivity index (χ0v) is 16.9. The molecule has 0 saturated heterocycles. The normalized spacial score (nSPS) is 11.7. The van der Waals surface area contributed by atoms with Crippen LogP contribution in [0.1, 0.15) is 12.6 Å². The van der Waals surface area contributed by atoms with Gasteiger partial charge < -0.3 is 0 Å². The molecule has 2 heterocycles. The van der Waals surface area contributed by atoms with Gasteiger partial charge in [-0.15, -0.1) is 0 Å². The van der Waals surface area contributed by atoms with E-state index in [4.69, 9.17) is 0 Å². The van der Waals surface area contributed by atoms with Crippen LogP contribution in [0.4, 0.5) is 10.1 Å². The highest BCUT2D eigenvalue weighted by molar-refractivity contribution is 7.99. The quantitative estimate of drug-likeness (QED) is 0.469. The first kappa shape index (κ1) is 19.3. The summed E-state index contributed by atoms with van der Waals surface area (Å²) in [5, 5.41) is 5.06. The number of hydrogen-bond acceptors (Lipinski definition) is 6. The largest absolute Gasteiger partial charge is 0.280 e. The Labute approximate surface area is 171 Å². The van der Waals surface area contributed by atoms with E-state index in [0.29, 0.717) is 11.5 Å². The summed E-state index contributed by atoms with van der Waals surface area (Å²) in [5.41, 5.74) is 1.32. The molecule has 4 rings (SSSR count). The van der Waals surface area contributed by atoms with Crippen molar-refractivity contribution >= 4 is 33.3 Å². The predicted octanol–water partition coefficient (Wildman–Crippen LogP) is 3.78. The molecule has 0 unspecified atom stereocenters. The van der Waals surface area contributed by atoms with Gasteiger partial charge in [-0.1, -0.05) is 18.7 Å². The topological polar surface area (TPSA) is 89.2 Å². The van der Waals surface area contributed by atoms with Crippen LogP contribution in [0.5, 0.6) is 0 Å². The van der Waals surface area contributed by atoms with Gasteiger partial charge in [-0.25, -0.2) is 17.8 Å². The zero-order valence-electron chi connectivity index (χ0n) is 15.3. The highest BCUT2D eigenvalue weighted by Crippen LogP contribution is 2.29. The summed E-state index contributed by atoms with van der Waals surface area (Å²) in [6.07, 6.45) is 2.24. The summed E-state index contributed by atoms with van der Waals surface area (Å²) in [6.45, 7) is 2.02. The van der Waals surface area contributed by atoms with Gasteiger partial charge in [-0.05, 0) is 61.0 Å². The smallest absolute Gasteiger partial charge is 0.261 e. The Balaban J connectivity index is 1.54. The lowest BCUT2D eigenvalue weighted by molar-refractivity contribution is 0.599. The molecule has 0 bridgehead atoms. The first-order chi connectivity index (χ1) is 13.9. The predicted molar refractivity (Wildman–Crippen MR) is 108 cm³/mol. The second-order valence-corrected chi connectivity index (χ2v) is 8.87. The summed E-state index contributed by atoms with van der Waals surface area (Å²) in [4.78, 5) is 9.46. The van der Waals surface area contributed by atoms with Gasteiger partial charge in [0.05, 0.1) is 4.90 Å². The molecule has 0 saturated carbocycles. The van der Waals surface area contributed by atoms with Gasteiger partial charge in [0.2, 0.25) is 0 Å². The van der Waals surface area contributed by atoms with Crippen LogP contribution in [0.15, 0.2) is 75.7 Å². The van der Waals surface area contributed by atoms with Crippen molar-refractivity contribution < 1.29 is 12.8 Å². The highest BCUT2D eigenvalue weighted by Gasteiger charge is 2.14. The molecule has 29 heavy (non-hydrogen) atoms. The molecule has 10 heteroatoms. The maximum absolute atomic E-state index is 13.0. The van der Waals surface area contributed by atoms with Crippen LogP contribution in [0.2, 0.25) is 0 Å². The van der Waals surface area contributed by atoms with E-state index in [9.17, 15) is 12.8 Å². The standard InChI is InChI=1S/C19H16FN5O2S2/c1-2-14-11-18(25-19(23-14)21-12-22-25)28-16-7-5-15(6-8-16)24-29(26,27)17-9-3-13(20)4-10-17/h3-12,24H,2H2,1H3. The van der Waals surface area contributed by atoms with Crippen molar-refractivity contribution in [1.82, 2.24) is 19.6 Å². The van der Waals surface area contributed by atoms with Crippen molar-refractivity contribution in [2.24, 2.45) is 0 Å². The Morgan fingerprint density at radius 2 is 1.83 bits per heavy atom. The van der Waals surface area contributed by atoms with E-state index in [-0.39, 0.29) is 4.90 Å². The molecule has 0 aliphatic rings. The summed E-state index contributed by atoms with van der Waals surface area (Å²) in [7, 11) is -3.79. The molecule has 0 fully saturated rings. The molecule has 0 spiro atoms. The van der Waals surface area contributed by atoms with Crippen LogP contribution in [0.3, 0.4) is 0 Å². The fraction of sp³-hybridized carbons (Fsp3) is 0.105. The van der Waals surface area contributed by atoms with Crippen molar-refractivity contribution in [1.29, 1.82) is 0 Å². The van der Waals surface area contributed by atoms with E-state index in [1.165, 1.54) is 30.2 Å². The number of nitrogens with zero attached hydrogens (tertiary/aromatic N) is 4. The minimum Gasteiger partial charge on any atom is -0.280 e. The minimum absolute atomic E-state index is 0.00481.